The number of thioether (sulfide) groups is 1. The van der Waals surface area contributed by atoms with E-state index in [0.717, 1.165) is 16.2 Å². The normalized spacial score (nSPS) is 20.3. The zero-order chi connectivity index (χ0) is 20.2. The van der Waals surface area contributed by atoms with Gasteiger partial charge in [-0.05, 0) is 45.4 Å². The van der Waals surface area contributed by atoms with Gasteiger partial charge in [0, 0.05) is 16.6 Å². The highest BCUT2D eigenvalue weighted by atomic mass is 32.2. The Labute approximate surface area is 168 Å². The lowest BCUT2D eigenvalue weighted by Crippen LogP contribution is -2.50. The third kappa shape index (κ3) is 5.44. The molecule has 0 bridgehead atoms. The van der Waals surface area contributed by atoms with Crippen molar-refractivity contribution in [1.82, 2.24) is 4.72 Å². The van der Waals surface area contributed by atoms with E-state index in [2.05, 4.69) is 16.9 Å². The van der Waals surface area contributed by atoms with E-state index in [1.165, 1.54) is 7.11 Å². The molecule has 0 aliphatic carbocycles. The molecule has 3 atom stereocenters. The highest BCUT2D eigenvalue weighted by Crippen LogP contribution is 2.43. The van der Waals surface area contributed by atoms with Crippen LogP contribution in [0.4, 0.5) is 0 Å². The molecule has 0 fully saturated rings. The summed E-state index contributed by atoms with van der Waals surface area (Å²) in [5.74, 6) is 0.595. The Morgan fingerprint density at radius 1 is 1.41 bits per heavy atom. The van der Waals surface area contributed by atoms with Crippen LogP contribution in [-0.4, -0.2) is 33.3 Å². The molecule has 146 valence electrons. The Bertz CT molecular complexity index is 808. The zero-order valence-corrected chi connectivity index (χ0v) is 18.0. The summed E-state index contributed by atoms with van der Waals surface area (Å²) in [6.07, 6.45) is 2.20. The van der Waals surface area contributed by atoms with Gasteiger partial charge in [-0.2, -0.15) is 5.26 Å². The van der Waals surface area contributed by atoms with E-state index >= 15 is 0 Å². The molecule has 0 spiro atoms. The summed E-state index contributed by atoms with van der Waals surface area (Å²) in [7, 11) is 0.0200. The predicted molar refractivity (Wildman–Crippen MR) is 111 cm³/mol. The first-order chi connectivity index (χ1) is 12.6. The molecule has 0 aromatic heterocycles. The van der Waals surface area contributed by atoms with Crippen LogP contribution < -0.4 is 4.72 Å². The van der Waals surface area contributed by atoms with Crippen LogP contribution in [-0.2, 0) is 20.5 Å². The SMILES string of the molecule is COC(=O)C[C@](C)(NS(=O)C(C)(C)C)C1=CC(c2cccc(C#N)c2)CS1. The number of ether oxygens (including phenoxy) is 1. The van der Waals surface area contributed by atoms with Crippen LogP contribution in [0.25, 0.3) is 0 Å². The molecular formula is C20H26N2O3S2. The van der Waals surface area contributed by atoms with Gasteiger partial charge in [0.05, 0.1) is 46.4 Å². The van der Waals surface area contributed by atoms with Crippen LogP contribution >= 0.6 is 11.8 Å². The minimum absolute atomic E-state index is 0.0924. The summed E-state index contributed by atoms with van der Waals surface area (Å²) in [5, 5.41) is 9.12. The Morgan fingerprint density at radius 3 is 2.70 bits per heavy atom. The average Bonchev–Trinajstić information content (AvgIpc) is 3.11. The van der Waals surface area contributed by atoms with Crippen molar-refractivity contribution in [3.05, 3.63) is 46.4 Å². The third-order valence-corrected chi connectivity index (χ3v) is 7.53. The van der Waals surface area contributed by atoms with Crippen LogP contribution in [0, 0.1) is 11.3 Å². The molecule has 1 aromatic carbocycles. The number of rotatable bonds is 6. The summed E-state index contributed by atoms with van der Waals surface area (Å²) in [6.45, 7) is 7.56. The maximum Gasteiger partial charge on any atom is 0.307 e. The number of esters is 1. The fraction of sp³-hybridized carbons (Fsp3) is 0.500. The van der Waals surface area contributed by atoms with Crippen molar-refractivity contribution in [3.63, 3.8) is 0 Å². The maximum atomic E-state index is 12.7. The molecule has 5 nitrogen and oxygen atoms in total. The largest absolute Gasteiger partial charge is 0.469 e. The minimum atomic E-state index is -1.34. The summed E-state index contributed by atoms with van der Waals surface area (Å²) in [6, 6.07) is 9.73. The molecule has 7 heteroatoms. The van der Waals surface area contributed by atoms with Crippen LogP contribution in [0.2, 0.25) is 0 Å². The molecule has 0 saturated heterocycles. The highest BCUT2D eigenvalue weighted by molar-refractivity contribution is 8.03. The molecule has 1 aliphatic heterocycles. The van der Waals surface area contributed by atoms with Gasteiger partial charge in [-0.25, -0.2) is 8.93 Å². The fourth-order valence-electron chi connectivity index (χ4n) is 2.73. The Morgan fingerprint density at radius 2 is 2.11 bits per heavy atom. The number of methoxy groups -OCH3 is 1. The molecular weight excluding hydrogens is 380 g/mol. The van der Waals surface area contributed by atoms with E-state index in [9.17, 15) is 9.00 Å². The van der Waals surface area contributed by atoms with Crippen LogP contribution in [0.1, 0.15) is 51.2 Å². The third-order valence-electron chi connectivity index (χ3n) is 4.36. The average molecular weight is 407 g/mol. The second kappa shape index (κ2) is 8.59. The van der Waals surface area contributed by atoms with Crippen molar-refractivity contribution >= 4 is 28.7 Å². The van der Waals surface area contributed by atoms with Crippen molar-refractivity contribution in [3.8, 4) is 6.07 Å². The lowest BCUT2D eigenvalue weighted by atomic mass is 9.93. The number of carbonyl (C=O) groups excluding carboxylic acids is 1. The summed E-state index contributed by atoms with van der Waals surface area (Å²) in [4.78, 5) is 13.0. The number of benzene rings is 1. The Balaban J connectivity index is 2.33. The van der Waals surface area contributed by atoms with Crippen molar-refractivity contribution < 1.29 is 13.7 Å². The van der Waals surface area contributed by atoms with Crippen LogP contribution in [0.3, 0.4) is 0 Å². The van der Waals surface area contributed by atoms with E-state index in [0.29, 0.717) is 5.56 Å². The van der Waals surface area contributed by atoms with Gasteiger partial charge < -0.3 is 4.74 Å². The van der Waals surface area contributed by atoms with Crippen LogP contribution in [0.15, 0.2) is 35.2 Å². The van der Waals surface area contributed by atoms with Crippen molar-refractivity contribution in [2.24, 2.45) is 0 Å². The van der Waals surface area contributed by atoms with Crippen LogP contribution in [0.5, 0.6) is 0 Å². The number of hydrogen-bond acceptors (Lipinski definition) is 5. The molecule has 0 radical (unpaired) electrons. The summed E-state index contributed by atoms with van der Waals surface area (Å²) in [5.41, 5.74) is 0.912. The quantitative estimate of drug-likeness (QED) is 0.730. The predicted octanol–water partition coefficient (Wildman–Crippen LogP) is 3.65. The Hall–Kier alpha value is -1.62. The molecule has 1 aromatic rings. The van der Waals surface area contributed by atoms with E-state index in [-0.39, 0.29) is 18.3 Å². The van der Waals surface area contributed by atoms with E-state index in [1.54, 1.807) is 17.8 Å². The van der Waals surface area contributed by atoms with Gasteiger partial charge >= 0.3 is 5.97 Å². The Kier molecular flexibility index (Phi) is 6.90. The van der Waals surface area contributed by atoms with E-state index < -0.39 is 21.3 Å². The smallest absolute Gasteiger partial charge is 0.307 e. The number of nitrogens with zero attached hydrogens (tertiary/aromatic N) is 1. The number of allylic oxidation sites excluding steroid dienone is 1. The summed E-state index contributed by atoms with van der Waals surface area (Å²) < 4.78 is 20.3. The first-order valence-electron chi connectivity index (χ1n) is 8.71. The lowest BCUT2D eigenvalue weighted by molar-refractivity contribution is -0.141. The molecule has 1 heterocycles. The number of carbonyl (C=O) groups is 1. The van der Waals surface area contributed by atoms with E-state index in [4.69, 9.17) is 10.00 Å². The monoisotopic (exact) mass is 406 g/mol. The topological polar surface area (TPSA) is 79.2 Å². The lowest BCUT2D eigenvalue weighted by Gasteiger charge is -2.33. The molecule has 2 rings (SSSR count). The van der Waals surface area contributed by atoms with Gasteiger partial charge in [0.15, 0.2) is 0 Å². The van der Waals surface area contributed by atoms with Crippen molar-refractivity contribution in [2.45, 2.75) is 50.3 Å². The molecule has 1 aliphatic rings. The van der Waals surface area contributed by atoms with Gasteiger partial charge in [-0.1, -0.05) is 18.2 Å². The van der Waals surface area contributed by atoms with Gasteiger partial charge in [-0.3, -0.25) is 4.79 Å². The molecule has 1 N–H and O–H groups in total. The standard InChI is InChI=1S/C20H26N2O3S2/c1-19(2,3)27(24)22-20(4,11-18(23)25-5)17-10-16(13-26-17)15-8-6-7-14(9-15)12-21/h6-10,16,22H,11,13H2,1-5H3/t16?,20-,27?/m0/s1. The molecule has 0 saturated carbocycles. The highest BCUT2D eigenvalue weighted by Gasteiger charge is 2.39. The fourth-order valence-corrected chi connectivity index (χ4v) is 5.04. The zero-order valence-electron chi connectivity index (χ0n) is 16.4. The minimum Gasteiger partial charge on any atom is -0.469 e. The first-order valence-corrected chi connectivity index (χ1v) is 10.8. The van der Waals surface area contributed by atoms with Crippen molar-refractivity contribution in [2.75, 3.05) is 12.9 Å². The van der Waals surface area contributed by atoms with Crippen molar-refractivity contribution in [1.29, 1.82) is 5.26 Å². The second-order valence-corrected chi connectivity index (χ2v) is 10.8. The number of hydrogen-bond donors (Lipinski definition) is 1. The first kappa shape index (κ1) is 21.7. The number of nitriles is 1. The number of nitrogens with one attached hydrogen (secondary N) is 1. The molecule has 0 amide bonds. The summed E-state index contributed by atoms with van der Waals surface area (Å²) >= 11 is 1.64. The molecule has 27 heavy (non-hydrogen) atoms. The van der Waals surface area contributed by atoms with Gasteiger partial charge in [-0.15, -0.1) is 11.8 Å². The van der Waals surface area contributed by atoms with E-state index in [1.807, 2.05) is 45.9 Å². The molecule has 2 unspecified atom stereocenters. The maximum absolute atomic E-state index is 12.7. The van der Waals surface area contributed by atoms with Gasteiger partial charge in [0.25, 0.3) is 0 Å². The van der Waals surface area contributed by atoms with Gasteiger partial charge in [0.2, 0.25) is 0 Å². The second-order valence-electron chi connectivity index (χ2n) is 7.75. The van der Waals surface area contributed by atoms with Gasteiger partial charge in [0.1, 0.15) is 0 Å².